The third-order valence-corrected chi connectivity index (χ3v) is 4.03. The number of hydrogen-bond donors (Lipinski definition) is 2. The molecular weight excluding hydrogens is 361 g/mol. The fourth-order valence-corrected chi connectivity index (χ4v) is 2.71. The van der Waals surface area contributed by atoms with Crippen LogP contribution >= 0.6 is 22.6 Å². The minimum Gasteiger partial charge on any atom is -0.382 e. The first-order valence-corrected chi connectivity index (χ1v) is 8.93. The standard InChI is InChI=1S/C16H28IN3/c1-3-4-5-6-7-8-9-10-11-19-15-12-14(17)13-20-16(15)18-2/h12-13,19H,3-11H2,1-2H3,(H,18,20). The molecule has 1 heterocycles. The predicted octanol–water partition coefficient (Wildman–Crippen LogP) is 5.28. The maximum absolute atomic E-state index is 4.37. The fourth-order valence-electron chi connectivity index (χ4n) is 2.26. The molecule has 1 aromatic heterocycles. The predicted molar refractivity (Wildman–Crippen MR) is 97.6 cm³/mol. The van der Waals surface area contributed by atoms with Crippen LogP contribution in [0.1, 0.15) is 58.3 Å². The number of nitrogens with one attached hydrogen (secondary N) is 2. The van der Waals surface area contributed by atoms with Crippen LogP contribution in [0, 0.1) is 3.57 Å². The monoisotopic (exact) mass is 389 g/mol. The van der Waals surface area contributed by atoms with Gasteiger partial charge in [0.25, 0.3) is 0 Å². The number of aromatic nitrogens is 1. The molecule has 0 aromatic carbocycles. The van der Waals surface area contributed by atoms with Gasteiger partial charge in [0.15, 0.2) is 0 Å². The van der Waals surface area contributed by atoms with Crippen LogP contribution < -0.4 is 10.6 Å². The zero-order valence-electron chi connectivity index (χ0n) is 12.8. The second-order valence-corrected chi connectivity index (χ2v) is 6.45. The van der Waals surface area contributed by atoms with E-state index in [-0.39, 0.29) is 0 Å². The van der Waals surface area contributed by atoms with Crippen LogP contribution in [0.25, 0.3) is 0 Å². The second kappa shape index (κ2) is 11.2. The van der Waals surface area contributed by atoms with Crippen molar-refractivity contribution in [3.05, 3.63) is 15.8 Å². The van der Waals surface area contributed by atoms with Crippen molar-refractivity contribution < 1.29 is 0 Å². The van der Waals surface area contributed by atoms with Gasteiger partial charge in [0.2, 0.25) is 0 Å². The fraction of sp³-hybridized carbons (Fsp3) is 0.688. The zero-order chi connectivity index (χ0) is 14.6. The molecule has 0 aliphatic heterocycles. The van der Waals surface area contributed by atoms with Crippen LogP contribution in [0.4, 0.5) is 11.5 Å². The lowest BCUT2D eigenvalue weighted by Crippen LogP contribution is -2.06. The quantitative estimate of drug-likeness (QED) is 0.399. The average molecular weight is 389 g/mol. The first-order chi connectivity index (χ1) is 9.77. The van der Waals surface area contributed by atoms with Crippen molar-refractivity contribution in [2.24, 2.45) is 0 Å². The first kappa shape index (κ1) is 17.5. The number of nitrogens with zero attached hydrogens (tertiary/aromatic N) is 1. The number of hydrogen-bond acceptors (Lipinski definition) is 3. The minimum absolute atomic E-state index is 0.935. The molecule has 1 rings (SSSR count). The van der Waals surface area contributed by atoms with E-state index in [0.29, 0.717) is 0 Å². The minimum atomic E-state index is 0.935. The molecule has 114 valence electrons. The Balaban J connectivity index is 2.10. The van der Waals surface area contributed by atoms with Crippen molar-refractivity contribution in [2.45, 2.75) is 58.3 Å². The van der Waals surface area contributed by atoms with Crippen LogP contribution in [0.15, 0.2) is 12.3 Å². The van der Waals surface area contributed by atoms with Crippen molar-refractivity contribution >= 4 is 34.1 Å². The van der Waals surface area contributed by atoms with Crippen LogP contribution in [0.5, 0.6) is 0 Å². The Hall–Kier alpha value is -0.520. The van der Waals surface area contributed by atoms with E-state index >= 15 is 0 Å². The SMILES string of the molecule is CCCCCCCCCCNc1cc(I)cnc1NC. The molecule has 0 fully saturated rings. The van der Waals surface area contributed by atoms with Gasteiger partial charge in [-0.15, -0.1) is 0 Å². The van der Waals surface area contributed by atoms with Crippen LogP contribution in [0.2, 0.25) is 0 Å². The van der Waals surface area contributed by atoms with Gasteiger partial charge in [0.05, 0.1) is 5.69 Å². The Morgan fingerprint density at radius 2 is 1.70 bits per heavy atom. The summed E-state index contributed by atoms with van der Waals surface area (Å²) >= 11 is 2.30. The van der Waals surface area contributed by atoms with Crippen molar-refractivity contribution in [2.75, 3.05) is 24.2 Å². The average Bonchev–Trinajstić information content (AvgIpc) is 2.46. The van der Waals surface area contributed by atoms with Gasteiger partial charge >= 0.3 is 0 Å². The molecule has 0 unspecified atom stereocenters. The summed E-state index contributed by atoms with van der Waals surface area (Å²) in [7, 11) is 1.91. The summed E-state index contributed by atoms with van der Waals surface area (Å²) in [6.07, 6.45) is 12.8. The smallest absolute Gasteiger partial charge is 0.149 e. The van der Waals surface area contributed by atoms with Gasteiger partial charge in [-0.3, -0.25) is 0 Å². The lowest BCUT2D eigenvalue weighted by molar-refractivity contribution is 0.581. The molecule has 0 aliphatic rings. The van der Waals surface area contributed by atoms with E-state index in [1.165, 1.54) is 54.9 Å². The van der Waals surface area contributed by atoms with Crippen LogP contribution in [-0.4, -0.2) is 18.6 Å². The van der Waals surface area contributed by atoms with Crippen LogP contribution in [-0.2, 0) is 0 Å². The topological polar surface area (TPSA) is 37.0 Å². The van der Waals surface area contributed by atoms with Crippen molar-refractivity contribution in [1.29, 1.82) is 0 Å². The van der Waals surface area contributed by atoms with Crippen molar-refractivity contribution in [3.8, 4) is 0 Å². The lowest BCUT2D eigenvalue weighted by atomic mass is 10.1. The number of rotatable bonds is 11. The lowest BCUT2D eigenvalue weighted by Gasteiger charge is -2.11. The number of halogens is 1. The molecule has 0 saturated heterocycles. The molecule has 0 bridgehead atoms. The van der Waals surface area contributed by atoms with Crippen LogP contribution in [0.3, 0.4) is 0 Å². The second-order valence-electron chi connectivity index (χ2n) is 5.20. The van der Waals surface area contributed by atoms with E-state index < -0.39 is 0 Å². The third-order valence-electron chi connectivity index (χ3n) is 3.44. The summed E-state index contributed by atoms with van der Waals surface area (Å²) in [5.41, 5.74) is 1.11. The summed E-state index contributed by atoms with van der Waals surface area (Å²) < 4.78 is 1.17. The Bertz CT molecular complexity index is 369. The molecule has 0 aliphatic carbocycles. The highest BCUT2D eigenvalue weighted by Gasteiger charge is 2.02. The molecule has 0 radical (unpaired) electrons. The molecule has 4 heteroatoms. The Kier molecular flexibility index (Phi) is 9.79. The molecule has 0 saturated carbocycles. The van der Waals surface area contributed by atoms with Gasteiger partial charge < -0.3 is 10.6 Å². The highest BCUT2D eigenvalue weighted by atomic mass is 127. The summed E-state index contributed by atoms with van der Waals surface area (Å²) in [6.45, 7) is 3.30. The Morgan fingerprint density at radius 3 is 2.35 bits per heavy atom. The first-order valence-electron chi connectivity index (χ1n) is 7.85. The largest absolute Gasteiger partial charge is 0.382 e. The van der Waals surface area contributed by atoms with Gasteiger partial charge in [0.1, 0.15) is 5.82 Å². The molecule has 0 amide bonds. The number of pyridine rings is 1. The molecule has 0 spiro atoms. The van der Waals surface area contributed by atoms with E-state index in [9.17, 15) is 0 Å². The maximum atomic E-state index is 4.37. The third kappa shape index (κ3) is 7.31. The van der Waals surface area contributed by atoms with E-state index in [4.69, 9.17) is 0 Å². The van der Waals surface area contributed by atoms with Gasteiger partial charge in [0, 0.05) is 23.4 Å². The zero-order valence-corrected chi connectivity index (χ0v) is 15.0. The van der Waals surface area contributed by atoms with Gasteiger partial charge in [-0.1, -0.05) is 51.9 Å². The van der Waals surface area contributed by atoms with E-state index in [1.54, 1.807) is 0 Å². The summed E-state index contributed by atoms with van der Waals surface area (Å²) in [5.74, 6) is 0.935. The number of anilines is 2. The number of unbranched alkanes of at least 4 members (excludes halogenated alkanes) is 7. The molecule has 1 aromatic rings. The molecule has 3 nitrogen and oxygen atoms in total. The van der Waals surface area contributed by atoms with Crippen molar-refractivity contribution in [3.63, 3.8) is 0 Å². The Labute approximate surface area is 137 Å². The van der Waals surface area contributed by atoms with E-state index in [0.717, 1.165) is 18.1 Å². The van der Waals surface area contributed by atoms with Gasteiger partial charge in [-0.05, 0) is 35.1 Å². The summed E-state index contributed by atoms with van der Waals surface area (Å²) in [5, 5.41) is 6.61. The van der Waals surface area contributed by atoms with E-state index in [2.05, 4.69) is 51.2 Å². The highest BCUT2D eigenvalue weighted by molar-refractivity contribution is 14.1. The molecular formula is C16H28IN3. The van der Waals surface area contributed by atoms with Gasteiger partial charge in [-0.25, -0.2) is 4.98 Å². The summed E-state index contributed by atoms with van der Waals surface area (Å²) in [6, 6.07) is 2.14. The summed E-state index contributed by atoms with van der Waals surface area (Å²) in [4.78, 5) is 4.37. The van der Waals surface area contributed by atoms with Gasteiger partial charge in [-0.2, -0.15) is 0 Å². The normalized spacial score (nSPS) is 10.6. The van der Waals surface area contributed by atoms with E-state index in [1.807, 2.05) is 13.2 Å². The molecule has 20 heavy (non-hydrogen) atoms. The Morgan fingerprint density at radius 1 is 1.05 bits per heavy atom. The molecule has 0 atom stereocenters. The maximum Gasteiger partial charge on any atom is 0.149 e. The molecule has 2 N–H and O–H groups in total. The van der Waals surface area contributed by atoms with Crippen molar-refractivity contribution in [1.82, 2.24) is 4.98 Å². The highest BCUT2D eigenvalue weighted by Crippen LogP contribution is 2.20.